The fourth-order valence-corrected chi connectivity index (χ4v) is 2.50. The predicted octanol–water partition coefficient (Wildman–Crippen LogP) is 2.43. The van der Waals surface area contributed by atoms with E-state index in [0.29, 0.717) is 5.78 Å². The van der Waals surface area contributed by atoms with Crippen LogP contribution in [0.1, 0.15) is 49.4 Å². The van der Waals surface area contributed by atoms with Crippen molar-refractivity contribution in [3.05, 3.63) is 54.4 Å². The molecule has 7 heteroatoms. The number of nitrogens with zero attached hydrogens (tertiary/aromatic N) is 5. The maximum Gasteiger partial charge on any atom is 0.291 e. The lowest BCUT2D eigenvalue weighted by Crippen LogP contribution is -2.32. The van der Waals surface area contributed by atoms with Gasteiger partial charge in [0.25, 0.3) is 11.7 Å². The highest BCUT2D eigenvalue weighted by atomic mass is 16.2. The van der Waals surface area contributed by atoms with Gasteiger partial charge in [0.2, 0.25) is 5.82 Å². The Kier molecular flexibility index (Phi) is 4.24. The largest absolute Gasteiger partial charge is 0.342 e. The summed E-state index contributed by atoms with van der Waals surface area (Å²) in [5.74, 6) is 0.187. The number of hydrogen-bond donors (Lipinski definition) is 1. The van der Waals surface area contributed by atoms with Gasteiger partial charge >= 0.3 is 0 Å². The molecule has 0 radical (unpaired) electrons. The van der Waals surface area contributed by atoms with Gasteiger partial charge in [-0.25, -0.2) is 9.50 Å². The van der Waals surface area contributed by atoms with Crippen LogP contribution in [0.2, 0.25) is 0 Å². The number of rotatable bonds is 4. The molecule has 1 atom stereocenters. The summed E-state index contributed by atoms with van der Waals surface area (Å²) in [6, 6.07) is 5.40. The molecule has 0 spiro atoms. The van der Waals surface area contributed by atoms with E-state index in [-0.39, 0.29) is 23.2 Å². The van der Waals surface area contributed by atoms with Gasteiger partial charge in [0.1, 0.15) is 0 Å². The molecular formula is C17H20N6O. The molecule has 0 saturated carbocycles. The molecule has 24 heavy (non-hydrogen) atoms. The Labute approximate surface area is 140 Å². The van der Waals surface area contributed by atoms with Crippen molar-refractivity contribution in [2.24, 2.45) is 5.41 Å². The number of amides is 1. The number of aromatic nitrogens is 5. The van der Waals surface area contributed by atoms with Crippen molar-refractivity contribution in [1.29, 1.82) is 0 Å². The Balaban J connectivity index is 1.84. The molecule has 0 aliphatic heterocycles. The Bertz CT molecular complexity index is 804. The van der Waals surface area contributed by atoms with Crippen molar-refractivity contribution >= 4 is 11.7 Å². The van der Waals surface area contributed by atoms with Crippen LogP contribution in [0.4, 0.5) is 0 Å². The molecule has 1 N–H and O–H groups in total. The molecule has 7 nitrogen and oxygen atoms in total. The molecule has 0 aliphatic rings. The van der Waals surface area contributed by atoms with Gasteiger partial charge < -0.3 is 5.32 Å². The normalized spacial score (nSPS) is 13.0. The summed E-state index contributed by atoms with van der Waals surface area (Å²) >= 11 is 0. The molecule has 0 aliphatic carbocycles. The lowest BCUT2D eigenvalue weighted by molar-refractivity contribution is 0.0916. The molecule has 3 aromatic rings. The lowest BCUT2D eigenvalue weighted by atomic mass is 9.86. The van der Waals surface area contributed by atoms with E-state index in [9.17, 15) is 4.79 Å². The highest BCUT2D eigenvalue weighted by Crippen LogP contribution is 2.29. The Morgan fingerprint density at radius 2 is 2.12 bits per heavy atom. The molecular weight excluding hydrogens is 304 g/mol. The second kappa shape index (κ2) is 6.35. The fraction of sp³-hybridized carbons (Fsp3) is 0.353. The minimum Gasteiger partial charge on any atom is -0.342 e. The zero-order valence-electron chi connectivity index (χ0n) is 14.0. The average Bonchev–Trinajstić information content (AvgIpc) is 2.98. The Morgan fingerprint density at radius 1 is 1.29 bits per heavy atom. The molecule has 3 heterocycles. The van der Waals surface area contributed by atoms with Crippen LogP contribution in [0.5, 0.6) is 0 Å². The van der Waals surface area contributed by atoms with Gasteiger partial charge in [0, 0.05) is 24.8 Å². The monoisotopic (exact) mass is 324 g/mol. The van der Waals surface area contributed by atoms with Gasteiger partial charge in [-0.1, -0.05) is 26.8 Å². The minimum absolute atomic E-state index is 0.0433. The van der Waals surface area contributed by atoms with Crippen molar-refractivity contribution in [1.82, 2.24) is 29.9 Å². The lowest BCUT2D eigenvalue weighted by Gasteiger charge is -2.26. The zero-order chi connectivity index (χ0) is 17.2. The third-order valence-electron chi connectivity index (χ3n) is 3.53. The first-order valence-corrected chi connectivity index (χ1v) is 7.80. The summed E-state index contributed by atoms with van der Waals surface area (Å²) in [4.78, 5) is 25.0. The highest BCUT2D eigenvalue weighted by Gasteiger charge is 2.24. The van der Waals surface area contributed by atoms with Gasteiger partial charge in [-0.3, -0.25) is 9.78 Å². The highest BCUT2D eigenvalue weighted by molar-refractivity contribution is 5.91. The van der Waals surface area contributed by atoms with Gasteiger partial charge in [-0.05, 0) is 29.5 Å². The number of fused-ring (bicyclic) bond motifs is 1. The smallest absolute Gasteiger partial charge is 0.291 e. The first-order chi connectivity index (χ1) is 11.4. The third kappa shape index (κ3) is 3.73. The molecule has 1 unspecified atom stereocenters. The van der Waals surface area contributed by atoms with Crippen molar-refractivity contribution in [3.63, 3.8) is 0 Å². The van der Waals surface area contributed by atoms with Crippen LogP contribution in [-0.2, 0) is 0 Å². The maximum atomic E-state index is 12.6. The van der Waals surface area contributed by atoms with Crippen LogP contribution in [0.15, 0.2) is 43.0 Å². The van der Waals surface area contributed by atoms with E-state index in [2.05, 4.69) is 46.1 Å². The zero-order valence-corrected chi connectivity index (χ0v) is 14.0. The number of hydrogen-bond acceptors (Lipinski definition) is 5. The predicted molar refractivity (Wildman–Crippen MR) is 89.3 cm³/mol. The van der Waals surface area contributed by atoms with E-state index in [1.165, 1.54) is 4.52 Å². The van der Waals surface area contributed by atoms with Gasteiger partial charge in [0.05, 0.1) is 6.04 Å². The van der Waals surface area contributed by atoms with E-state index >= 15 is 0 Å². The van der Waals surface area contributed by atoms with E-state index in [0.717, 1.165) is 12.0 Å². The summed E-state index contributed by atoms with van der Waals surface area (Å²) in [6.07, 6.45) is 7.59. The van der Waals surface area contributed by atoms with E-state index in [4.69, 9.17) is 0 Å². The van der Waals surface area contributed by atoms with Gasteiger partial charge in [-0.15, -0.1) is 5.10 Å². The SMILES string of the molecule is CC(C)(C)CC(NC(=O)c1nc2ncccn2n1)c1cccnc1. The molecule has 0 saturated heterocycles. The van der Waals surface area contributed by atoms with Crippen LogP contribution in [-0.4, -0.2) is 30.5 Å². The molecule has 124 valence electrons. The Hall–Kier alpha value is -2.83. The van der Waals surface area contributed by atoms with E-state index in [1.807, 2.05) is 12.1 Å². The van der Waals surface area contributed by atoms with Crippen molar-refractivity contribution in [3.8, 4) is 0 Å². The number of carbonyl (C=O) groups is 1. The second-order valence-corrected chi connectivity index (χ2v) is 6.88. The minimum atomic E-state index is -0.321. The van der Waals surface area contributed by atoms with E-state index < -0.39 is 0 Å². The summed E-state index contributed by atoms with van der Waals surface area (Å²) in [7, 11) is 0. The number of pyridine rings is 1. The van der Waals surface area contributed by atoms with Crippen LogP contribution in [0.25, 0.3) is 5.78 Å². The van der Waals surface area contributed by atoms with Crippen LogP contribution >= 0.6 is 0 Å². The quantitative estimate of drug-likeness (QED) is 0.796. The summed E-state index contributed by atoms with van der Waals surface area (Å²) in [5, 5.41) is 7.19. The first kappa shape index (κ1) is 16.0. The maximum absolute atomic E-state index is 12.6. The summed E-state index contributed by atoms with van der Waals surface area (Å²) < 4.78 is 1.48. The van der Waals surface area contributed by atoms with Crippen LogP contribution in [0, 0.1) is 5.41 Å². The fourth-order valence-electron chi connectivity index (χ4n) is 2.50. The van der Waals surface area contributed by atoms with Crippen molar-refractivity contribution in [2.75, 3.05) is 0 Å². The van der Waals surface area contributed by atoms with Gasteiger partial charge in [-0.2, -0.15) is 4.98 Å². The molecule has 1 amide bonds. The topological polar surface area (TPSA) is 85.1 Å². The van der Waals surface area contributed by atoms with Gasteiger partial charge in [0.15, 0.2) is 0 Å². The average molecular weight is 324 g/mol. The third-order valence-corrected chi connectivity index (χ3v) is 3.53. The molecule has 0 fully saturated rings. The summed E-state index contributed by atoms with van der Waals surface area (Å²) in [6.45, 7) is 6.40. The molecule has 0 bridgehead atoms. The van der Waals surface area contributed by atoms with Crippen LogP contribution in [0.3, 0.4) is 0 Å². The first-order valence-electron chi connectivity index (χ1n) is 7.80. The standard InChI is InChI=1S/C17H20N6O/c1-17(2,3)10-13(12-6-4-7-18-11-12)20-15(24)14-21-16-19-8-5-9-23(16)22-14/h4-9,11,13H,10H2,1-3H3,(H,20,24). The van der Waals surface area contributed by atoms with Crippen molar-refractivity contribution in [2.45, 2.75) is 33.2 Å². The molecule has 3 aromatic heterocycles. The molecule has 3 rings (SSSR count). The van der Waals surface area contributed by atoms with Crippen molar-refractivity contribution < 1.29 is 4.79 Å². The Morgan fingerprint density at radius 3 is 2.79 bits per heavy atom. The van der Waals surface area contributed by atoms with E-state index in [1.54, 1.807) is 30.9 Å². The summed E-state index contributed by atoms with van der Waals surface area (Å²) in [5.41, 5.74) is 1.00. The molecule has 0 aromatic carbocycles. The number of nitrogens with one attached hydrogen (secondary N) is 1. The van der Waals surface area contributed by atoms with Crippen LogP contribution < -0.4 is 5.32 Å². The number of carbonyl (C=O) groups excluding carboxylic acids is 1. The second-order valence-electron chi connectivity index (χ2n) is 6.88.